The third-order valence-corrected chi connectivity index (χ3v) is 6.02. The van der Waals surface area contributed by atoms with E-state index in [1.807, 2.05) is 4.90 Å². The van der Waals surface area contributed by atoms with Gasteiger partial charge in [-0.05, 0) is 43.9 Å². The summed E-state index contributed by atoms with van der Waals surface area (Å²) in [7, 11) is 0. The van der Waals surface area contributed by atoms with Crippen LogP contribution in [0.1, 0.15) is 55.3 Å². The second-order valence-corrected chi connectivity index (χ2v) is 7.85. The van der Waals surface area contributed by atoms with E-state index >= 15 is 0 Å². The summed E-state index contributed by atoms with van der Waals surface area (Å²) in [6, 6.07) is 4.98. The number of benzene rings is 1. The van der Waals surface area contributed by atoms with Gasteiger partial charge in [-0.3, -0.25) is 9.59 Å². The first-order chi connectivity index (χ1) is 12.0. The van der Waals surface area contributed by atoms with E-state index < -0.39 is 0 Å². The highest BCUT2D eigenvalue weighted by Crippen LogP contribution is 2.27. The molecule has 2 aliphatic rings. The second-order valence-electron chi connectivity index (χ2n) is 7.04. The molecular weight excluding hydrogens is 359 g/mol. The van der Waals surface area contributed by atoms with E-state index in [1.165, 1.54) is 19.3 Å². The minimum Gasteiger partial charge on any atom is -0.349 e. The summed E-state index contributed by atoms with van der Waals surface area (Å²) in [5, 5.41) is 3.86. The van der Waals surface area contributed by atoms with Gasteiger partial charge in [-0.15, -0.1) is 0 Å². The van der Waals surface area contributed by atoms with Gasteiger partial charge in [-0.1, -0.05) is 42.5 Å². The Labute approximate surface area is 158 Å². The summed E-state index contributed by atoms with van der Waals surface area (Å²) in [5.74, 6) is 0.390. The Bertz CT molecular complexity index is 636. The van der Waals surface area contributed by atoms with Gasteiger partial charge in [0.1, 0.15) is 0 Å². The molecule has 3 rings (SSSR count). The van der Waals surface area contributed by atoms with Crippen molar-refractivity contribution in [3.63, 3.8) is 0 Å². The Kier molecular flexibility index (Phi) is 6.24. The molecular formula is C19H24Cl2N2O2. The van der Waals surface area contributed by atoms with Crippen molar-refractivity contribution >= 4 is 35.0 Å². The van der Waals surface area contributed by atoms with Crippen molar-refractivity contribution < 1.29 is 9.59 Å². The topological polar surface area (TPSA) is 49.4 Å². The summed E-state index contributed by atoms with van der Waals surface area (Å²) in [6.45, 7) is 1.45. The highest BCUT2D eigenvalue weighted by atomic mass is 35.5. The van der Waals surface area contributed by atoms with Crippen LogP contribution in [-0.2, 0) is 4.79 Å². The van der Waals surface area contributed by atoms with Crippen LogP contribution in [-0.4, -0.2) is 35.8 Å². The fourth-order valence-electron chi connectivity index (χ4n) is 3.76. The van der Waals surface area contributed by atoms with Crippen LogP contribution < -0.4 is 5.32 Å². The van der Waals surface area contributed by atoms with Crippen molar-refractivity contribution in [3.8, 4) is 0 Å². The first-order valence-corrected chi connectivity index (χ1v) is 9.85. The van der Waals surface area contributed by atoms with Crippen LogP contribution in [0.5, 0.6) is 0 Å². The standard InChI is InChI=1S/C19H24Cl2N2O2/c20-16-7-6-14(12-17(16)21)18(24)22-15-8-10-23(11-9-15)19(25)13-4-2-1-3-5-13/h6-7,12-13,15H,1-5,8-11H2,(H,22,24). The predicted molar refractivity (Wildman–Crippen MR) is 100 cm³/mol. The molecule has 0 spiro atoms. The van der Waals surface area contributed by atoms with Crippen LogP contribution in [0.2, 0.25) is 10.0 Å². The molecule has 0 radical (unpaired) electrons. The van der Waals surface area contributed by atoms with Gasteiger partial charge in [0.15, 0.2) is 0 Å². The zero-order chi connectivity index (χ0) is 17.8. The Morgan fingerprint density at radius 2 is 1.64 bits per heavy atom. The van der Waals surface area contributed by atoms with E-state index in [4.69, 9.17) is 23.2 Å². The van der Waals surface area contributed by atoms with Crippen molar-refractivity contribution in [3.05, 3.63) is 33.8 Å². The lowest BCUT2D eigenvalue weighted by Crippen LogP contribution is -2.48. The van der Waals surface area contributed by atoms with Crippen molar-refractivity contribution in [2.45, 2.75) is 51.0 Å². The van der Waals surface area contributed by atoms with Crippen molar-refractivity contribution in [2.24, 2.45) is 5.92 Å². The molecule has 0 bridgehead atoms. The average Bonchev–Trinajstić information content (AvgIpc) is 2.64. The van der Waals surface area contributed by atoms with Crippen LogP contribution >= 0.6 is 23.2 Å². The lowest BCUT2D eigenvalue weighted by molar-refractivity contribution is -0.137. The van der Waals surface area contributed by atoms with Crippen LogP contribution in [0, 0.1) is 5.92 Å². The number of hydrogen-bond acceptors (Lipinski definition) is 2. The summed E-state index contributed by atoms with van der Waals surface area (Å²) in [5.41, 5.74) is 0.509. The summed E-state index contributed by atoms with van der Waals surface area (Å²) in [6.07, 6.45) is 7.27. The fraction of sp³-hybridized carbons (Fsp3) is 0.579. The number of nitrogens with one attached hydrogen (secondary N) is 1. The molecule has 0 atom stereocenters. The van der Waals surface area contributed by atoms with Crippen LogP contribution in [0.4, 0.5) is 0 Å². The van der Waals surface area contributed by atoms with Crippen molar-refractivity contribution in [1.29, 1.82) is 0 Å². The normalized spacial score (nSPS) is 19.7. The quantitative estimate of drug-likeness (QED) is 0.846. The Morgan fingerprint density at radius 1 is 0.960 bits per heavy atom. The summed E-state index contributed by atoms with van der Waals surface area (Å²) >= 11 is 11.9. The van der Waals surface area contributed by atoms with E-state index in [2.05, 4.69) is 5.32 Å². The molecule has 1 saturated carbocycles. The molecule has 1 aromatic rings. The maximum Gasteiger partial charge on any atom is 0.251 e. The highest BCUT2D eigenvalue weighted by Gasteiger charge is 2.29. The minimum atomic E-state index is -0.143. The van der Waals surface area contributed by atoms with E-state index in [9.17, 15) is 9.59 Å². The molecule has 1 aliphatic heterocycles. The van der Waals surface area contributed by atoms with Gasteiger partial charge in [-0.25, -0.2) is 0 Å². The number of likely N-dealkylation sites (tertiary alicyclic amines) is 1. The van der Waals surface area contributed by atoms with Gasteiger partial charge in [0.25, 0.3) is 5.91 Å². The third-order valence-electron chi connectivity index (χ3n) is 5.28. The molecule has 25 heavy (non-hydrogen) atoms. The first kappa shape index (κ1) is 18.5. The van der Waals surface area contributed by atoms with Gasteiger partial charge in [0.05, 0.1) is 10.0 Å². The molecule has 2 fully saturated rings. The Balaban J connectivity index is 1.49. The average molecular weight is 383 g/mol. The van der Waals surface area contributed by atoms with E-state index in [0.717, 1.165) is 38.8 Å². The van der Waals surface area contributed by atoms with Gasteiger partial charge >= 0.3 is 0 Å². The largest absolute Gasteiger partial charge is 0.349 e. The number of rotatable bonds is 3. The number of carbonyl (C=O) groups is 2. The molecule has 136 valence electrons. The van der Waals surface area contributed by atoms with Crippen LogP contribution in [0.3, 0.4) is 0 Å². The van der Waals surface area contributed by atoms with Gasteiger partial charge < -0.3 is 10.2 Å². The number of halogens is 2. The number of piperidine rings is 1. The lowest BCUT2D eigenvalue weighted by atomic mass is 9.87. The molecule has 6 heteroatoms. The number of hydrogen-bond donors (Lipinski definition) is 1. The van der Waals surface area contributed by atoms with E-state index in [0.29, 0.717) is 21.5 Å². The third kappa shape index (κ3) is 4.68. The summed E-state index contributed by atoms with van der Waals surface area (Å²) in [4.78, 5) is 26.9. The zero-order valence-electron chi connectivity index (χ0n) is 14.3. The van der Waals surface area contributed by atoms with Crippen molar-refractivity contribution in [2.75, 3.05) is 13.1 Å². The molecule has 4 nitrogen and oxygen atoms in total. The lowest BCUT2D eigenvalue weighted by Gasteiger charge is -2.35. The first-order valence-electron chi connectivity index (χ1n) is 9.09. The van der Waals surface area contributed by atoms with E-state index in [-0.39, 0.29) is 17.9 Å². The maximum atomic E-state index is 12.6. The molecule has 1 heterocycles. The molecule has 1 aromatic carbocycles. The SMILES string of the molecule is O=C(NC1CCN(C(=O)C2CCCCC2)CC1)c1ccc(Cl)c(Cl)c1. The highest BCUT2D eigenvalue weighted by molar-refractivity contribution is 6.42. The smallest absolute Gasteiger partial charge is 0.251 e. The molecule has 1 saturated heterocycles. The Hall–Kier alpha value is -1.26. The minimum absolute atomic E-state index is 0.0948. The molecule has 1 N–H and O–H groups in total. The molecule has 0 unspecified atom stereocenters. The molecule has 2 amide bonds. The maximum absolute atomic E-state index is 12.6. The van der Waals surface area contributed by atoms with Gasteiger partial charge in [0.2, 0.25) is 5.91 Å². The Morgan fingerprint density at radius 3 is 2.28 bits per heavy atom. The fourth-order valence-corrected chi connectivity index (χ4v) is 4.06. The number of nitrogens with zero attached hydrogens (tertiary/aromatic N) is 1. The number of carbonyl (C=O) groups excluding carboxylic acids is 2. The predicted octanol–water partition coefficient (Wildman–Crippen LogP) is 4.29. The monoisotopic (exact) mass is 382 g/mol. The molecule has 0 aromatic heterocycles. The van der Waals surface area contributed by atoms with Crippen molar-refractivity contribution in [1.82, 2.24) is 10.2 Å². The zero-order valence-corrected chi connectivity index (χ0v) is 15.8. The van der Waals surface area contributed by atoms with Gasteiger partial charge in [0, 0.05) is 30.6 Å². The number of amides is 2. The van der Waals surface area contributed by atoms with Gasteiger partial charge in [-0.2, -0.15) is 0 Å². The van der Waals surface area contributed by atoms with Crippen LogP contribution in [0.25, 0.3) is 0 Å². The van der Waals surface area contributed by atoms with Crippen LogP contribution in [0.15, 0.2) is 18.2 Å². The molecule has 1 aliphatic carbocycles. The van der Waals surface area contributed by atoms with E-state index in [1.54, 1.807) is 18.2 Å². The second kappa shape index (κ2) is 8.41. The summed E-state index contributed by atoms with van der Waals surface area (Å²) < 4.78 is 0.